The molecule has 1 heterocycles. The van der Waals surface area contributed by atoms with Crippen molar-refractivity contribution in [2.75, 3.05) is 5.32 Å². The summed E-state index contributed by atoms with van der Waals surface area (Å²) in [6.45, 7) is 0.207. The second-order valence-electron chi connectivity index (χ2n) is 9.15. The number of hydrogen-bond donors (Lipinski definition) is 2. The van der Waals surface area contributed by atoms with Crippen molar-refractivity contribution in [3.8, 4) is 17.9 Å². The van der Waals surface area contributed by atoms with Gasteiger partial charge in [-0.2, -0.15) is 5.26 Å². The fourth-order valence-corrected chi connectivity index (χ4v) is 4.65. The van der Waals surface area contributed by atoms with Gasteiger partial charge in [0.2, 0.25) is 0 Å². The van der Waals surface area contributed by atoms with Gasteiger partial charge in [0.1, 0.15) is 6.61 Å². The highest BCUT2D eigenvalue weighted by molar-refractivity contribution is 5.70. The van der Waals surface area contributed by atoms with Crippen molar-refractivity contribution >= 4 is 11.8 Å². The Balaban J connectivity index is 1.40. The smallest absolute Gasteiger partial charge is 0.407 e. The van der Waals surface area contributed by atoms with Gasteiger partial charge in [-0.1, -0.05) is 90.7 Å². The zero-order valence-electron chi connectivity index (χ0n) is 20.9. The fourth-order valence-electron chi connectivity index (χ4n) is 4.65. The van der Waals surface area contributed by atoms with E-state index in [-0.39, 0.29) is 18.7 Å². The molecule has 5 heteroatoms. The molecular formula is C33H27N3O2. The van der Waals surface area contributed by atoms with Gasteiger partial charge in [-0.05, 0) is 52.9 Å². The number of fused-ring (bicyclic) bond motifs is 1. The number of nitrogens with one attached hydrogen (secondary N) is 2. The molecule has 5 nitrogen and oxygen atoms in total. The number of para-hydroxylation sites is 1. The summed E-state index contributed by atoms with van der Waals surface area (Å²) in [7, 11) is 0. The van der Waals surface area contributed by atoms with Crippen molar-refractivity contribution in [3.63, 3.8) is 0 Å². The van der Waals surface area contributed by atoms with Gasteiger partial charge in [-0.25, -0.2) is 4.79 Å². The zero-order valence-corrected chi connectivity index (χ0v) is 20.9. The van der Waals surface area contributed by atoms with E-state index in [0.29, 0.717) is 18.4 Å². The standard InChI is InChI=1S/C33H27N3O2/c34-22-25-17-19-27(20-18-25)30-21-31(36-33(37)38-23-26-11-5-2-6-12-26)29-16-8-15-28(32(29)35-30)14-7-13-24-9-3-1-4-10-24/h1-6,8-12,15-20,30-31,35H,14,21,23H2,(H,36,37)/t30-,31-/m0/s1. The third-order valence-corrected chi connectivity index (χ3v) is 6.58. The summed E-state index contributed by atoms with van der Waals surface area (Å²) in [5.41, 5.74) is 6.61. The summed E-state index contributed by atoms with van der Waals surface area (Å²) in [5, 5.41) is 16.0. The molecule has 1 aliphatic rings. The first-order valence-corrected chi connectivity index (χ1v) is 12.6. The monoisotopic (exact) mass is 497 g/mol. The van der Waals surface area contributed by atoms with Crippen LogP contribution in [0.4, 0.5) is 10.5 Å². The van der Waals surface area contributed by atoms with Crippen molar-refractivity contribution < 1.29 is 9.53 Å². The molecule has 0 fully saturated rings. The van der Waals surface area contributed by atoms with Crippen LogP contribution in [0.3, 0.4) is 0 Å². The minimum atomic E-state index is -0.459. The molecule has 0 saturated heterocycles. The van der Waals surface area contributed by atoms with Gasteiger partial charge >= 0.3 is 6.09 Å². The van der Waals surface area contributed by atoms with Crippen LogP contribution in [-0.4, -0.2) is 6.09 Å². The summed E-state index contributed by atoms with van der Waals surface area (Å²) in [5.74, 6) is 6.53. The van der Waals surface area contributed by atoms with Crippen molar-refractivity contribution in [1.82, 2.24) is 5.32 Å². The van der Waals surface area contributed by atoms with E-state index in [2.05, 4.69) is 34.6 Å². The normalized spacial score (nSPS) is 15.6. The lowest BCUT2D eigenvalue weighted by molar-refractivity contribution is 0.134. The molecule has 1 amide bonds. The van der Waals surface area contributed by atoms with Gasteiger partial charge in [0, 0.05) is 17.7 Å². The summed E-state index contributed by atoms with van der Waals surface area (Å²) in [6, 6.07) is 35.1. The average molecular weight is 498 g/mol. The maximum absolute atomic E-state index is 12.8. The van der Waals surface area contributed by atoms with Crippen LogP contribution < -0.4 is 10.6 Å². The first-order chi connectivity index (χ1) is 18.7. The maximum Gasteiger partial charge on any atom is 0.407 e. The number of rotatable bonds is 5. The molecule has 2 atom stereocenters. The highest BCUT2D eigenvalue weighted by atomic mass is 16.5. The zero-order chi connectivity index (χ0) is 26.2. The second kappa shape index (κ2) is 11.8. The molecular weight excluding hydrogens is 470 g/mol. The SMILES string of the molecule is N#Cc1ccc([C@@H]2C[C@H](NC(=O)OCc3ccccc3)c3cccc(CC#Cc4ccccc4)c3N2)cc1. The number of benzene rings is 4. The van der Waals surface area contributed by atoms with E-state index < -0.39 is 6.09 Å². The summed E-state index contributed by atoms with van der Waals surface area (Å²) >= 11 is 0. The molecule has 0 radical (unpaired) electrons. The molecule has 186 valence electrons. The quantitative estimate of drug-likeness (QED) is 0.302. The topological polar surface area (TPSA) is 74.2 Å². The molecule has 5 rings (SSSR count). The number of amides is 1. The fraction of sp³-hybridized carbons (Fsp3) is 0.152. The summed E-state index contributed by atoms with van der Waals surface area (Å²) < 4.78 is 5.53. The Hall–Kier alpha value is -5.00. The van der Waals surface area contributed by atoms with Crippen LogP contribution in [0.15, 0.2) is 103 Å². The van der Waals surface area contributed by atoms with Gasteiger partial charge < -0.3 is 15.4 Å². The molecule has 38 heavy (non-hydrogen) atoms. The molecule has 0 spiro atoms. The van der Waals surface area contributed by atoms with E-state index in [0.717, 1.165) is 33.5 Å². The Bertz CT molecular complexity index is 1500. The molecule has 0 aliphatic carbocycles. The van der Waals surface area contributed by atoms with Gasteiger partial charge in [-0.15, -0.1) is 0 Å². The number of nitriles is 1. The minimum Gasteiger partial charge on any atom is -0.445 e. The van der Waals surface area contributed by atoms with Crippen LogP contribution in [0.2, 0.25) is 0 Å². The van der Waals surface area contributed by atoms with Crippen molar-refractivity contribution in [3.05, 3.63) is 137 Å². The van der Waals surface area contributed by atoms with E-state index in [1.165, 1.54) is 0 Å². The van der Waals surface area contributed by atoms with Gasteiger partial charge in [0.25, 0.3) is 0 Å². The van der Waals surface area contributed by atoms with Crippen LogP contribution in [-0.2, 0) is 17.8 Å². The highest BCUT2D eigenvalue weighted by Crippen LogP contribution is 2.41. The molecule has 4 aromatic rings. The largest absolute Gasteiger partial charge is 0.445 e. The Kier molecular flexibility index (Phi) is 7.68. The third-order valence-electron chi connectivity index (χ3n) is 6.58. The maximum atomic E-state index is 12.8. The minimum absolute atomic E-state index is 0.0575. The second-order valence-corrected chi connectivity index (χ2v) is 9.15. The Labute approximate surface area is 223 Å². The van der Waals surface area contributed by atoms with Crippen molar-refractivity contribution in [2.45, 2.75) is 31.5 Å². The lowest BCUT2D eigenvalue weighted by Gasteiger charge is -2.35. The predicted molar refractivity (Wildman–Crippen MR) is 148 cm³/mol. The van der Waals surface area contributed by atoms with E-state index in [4.69, 9.17) is 4.74 Å². The Morgan fingerprint density at radius 1 is 0.895 bits per heavy atom. The number of ether oxygens (including phenoxy) is 1. The summed E-state index contributed by atoms with van der Waals surface area (Å²) in [6.07, 6.45) is 0.744. The van der Waals surface area contributed by atoms with Crippen LogP contribution >= 0.6 is 0 Å². The van der Waals surface area contributed by atoms with Gasteiger partial charge in [-0.3, -0.25) is 0 Å². The molecule has 0 bridgehead atoms. The number of hydrogen-bond acceptors (Lipinski definition) is 4. The molecule has 0 saturated carbocycles. The van der Waals surface area contributed by atoms with Crippen LogP contribution in [0.25, 0.3) is 0 Å². The number of carbonyl (C=O) groups is 1. The van der Waals surface area contributed by atoms with E-state index in [1.54, 1.807) is 0 Å². The van der Waals surface area contributed by atoms with E-state index in [1.807, 2.05) is 97.1 Å². The predicted octanol–water partition coefficient (Wildman–Crippen LogP) is 6.68. The Morgan fingerprint density at radius 3 is 2.37 bits per heavy atom. The number of anilines is 1. The lowest BCUT2D eigenvalue weighted by atomic mass is 9.87. The van der Waals surface area contributed by atoms with Crippen LogP contribution in [0.5, 0.6) is 0 Å². The molecule has 4 aromatic carbocycles. The Morgan fingerprint density at radius 2 is 1.63 bits per heavy atom. The van der Waals surface area contributed by atoms with E-state index in [9.17, 15) is 10.1 Å². The molecule has 0 aromatic heterocycles. The summed E-state index contributed by atoms with van der Waals surface area (Å²) in [4.78, 5) is 12.8. The van der Waals surface area contributed by atoms with Crippen LogP contribution in [0.1, 0.15) is 51.9 Å². The van der Waals surface area contributed by atoms with Crippen molar-refractivity contribution in [2.24, 2.45) is 0 Å². The number of nitrogens with zero attached hydrogens (tertiary/aromatic N) is 1. The molecule has 2 N–H and O–H groups in total. The third kappa shape index (κ3) is 6.03. The molecule has 1 aliphatic heterocycles. The van der Waals surface area contributed by atoms with Gasteiger partial charge in [0.15, 0.2) is 0 Å². The van der Waals surface area contributed by atoms with Crippen molar-refractivity contribution in [1.29, 1.82) is 5.26 Å². The first kappa shape index (κ1) is 24.7. The number of alkyl carbamates (subject to hydrolysis) is 1. The first-order valence-electron chi connectivity index (χ1n) is 12.6. The van der Waals surface area contributed by atoms with Crippen LogP contribution in [0, 0.1) is 23.2 Å². The highest BCUT2D eigenvalue weighted by Gasteiger charge is 2.30. The van der Waals surface area contributed by atoms with E-state index >= 15 is 0 Å². The average Bonchev–Trinajstić information content (AvgIpc) is 2.97. The van der Waals surface area contributed by atoms with Gasteiger partial charge in [0.05, 0.1) is 23.7 Å². The molecule has 0 unspecified atom stereocenters. The number of carbonyl (C=O) groups excluding carboxylic acids is 1. The lowest BCUT2D eigenvalue weighted by Crippen LogP contribution is -2.35.